The molecule has 2 aromatic rings. The number of carbonyl (C=O) groups excluding carboxylic acids is 1. The van der Waals surface area contributed by atoms with Gasteiger partial charge in [0.2, 0.25) is 0 Å². The molecule has 2 rings (SSSR count). The summed E-state index contributed by atoms with van der Waals surface area (Å²) < 4.78 is 10.9. The maximum atomic E-state index is 12.6. The fraction of sp³-hybridized carbons (Fsp3) is 0.190. The topological polar surface area (TPSA) is 109 Å². The van der Waals surface area contributed by atoms with Gasteiger partial charge in [-0.05, 0) is 54.8 Å². The summed E-state index contributed by atoms with van der Waals surface area (Å²) in [5.74, 6) is -1.18. The predicted molar refractivity (Wildman–Crippen MR) is 112 cm³/mol. The van der Waals surface area contributed by atoms with Crippen LogP contribution in [0.2, 0.25) is 0 Å². The van der Waals surface area contributed by atoms with Gasteiger partial charge in [-0.15, -0.1) is 0 Å². The maximum Gasteiger partial charge on any atom is 0.341 e. The largest absolute Gasteiger partial charge is 0.493 e. The summed E-state index contributed by atoms with van der Waals surface area (Å²) in [6, 6.07) is 10.6. The Balaban J connectivity index is 2.34. The molecule has 0 aromatic heterocycles. The predicted octanol–water partition coefficient (Wildman–Crippen LogP) is 4.08. The third kappa shape index (κ3) is 5.83. The van der Waals surface area contributed by atoms with Crippen LogP contribution < -0.4 is 14.8 Å². The molecule has 8 heteroatoms. The van der Waals surface area contributed by atoms with Gasteiger partial charge < -0.3 is 19.9 Å². The van der Waals surface area contributed by atoms with Gasteiger partial charge in [0.05, 0.1) is 7.11 Å². The summed E-state index contributed by atoms with van der Waals surface area (Å²) >= 11 is 3.34. The number of methoxy groups -OCH3 is 1. The van der Waals surface area contributed by atoms with Crippen molar-refractivity contribution in [3.05, 3.63) is 57.1 Å². The number of aryl methyl sites for hydroxylation is 2. The molecule has 150 valence electrons. The number of carboxylic acid groups (broad SMARTS) is 1. The molecular weight excluding hydrogens is 440 g/mol. The van der Waals surface area contributed by atoms with Gasteiger partial charge in [0.1, 0.15) is 11.6 Å². The molecule has 0 unspecified atom stereocenters. The van der Waals surface area contributed by atoms with Crippen LogP contribution in [0.25, 0.3) is 6.08 Å². The molecule has 0 atom stereocenters. The Hall–Kier alpha value is -3.31. The second-order valence-electron chi connectivity index (χ2n) is 6.15. The molecule has 2 aromatic carbocycles. The van der Waals surface area contributed by atoms with Crippen molar-refractivity contribution in [3.63, 3.8) is 0 Å². The van der Waals surface area contributed by atoms with E-state index in [1.165, 1.54) is 19.3 Å². The van der Waals surface area contributed by atoms with Crippen LogP contribution in [0.4, 0.5) is 5.69 Å². The van der Waals surface area contributed by atoms with Crippen molar-refractivity contribution >= 4 is 39.6 Å². The van der Waals surface area contributed by atoms with Crippen LogP contribution >= 0.6 is 15.9 Å². The lowest BCUT2D eigenvalue weighted by Crippen LogP contribution is -2.14. The first-order valence-electron chi connectivity index (χ1n) is 8.47. The van der Waals surface area contributed by atoms with Crippen molar-refractivity contribution in [3.8, 4) is 17.6 Å². The highest BCUT2D eigenvalue weighted by Gasteiger charge is 2.15. The number of hydrogen-bond acceptors (Lipinski definition) is 5. The van der Waals surface area contributed by atoms with Crippen molar-refractivity contribution in [2.75, 3.05) is 19.0 Å². The molecule has 0 fully saturated rings. The molecule has 0 aliphatic carbocycles. The number of anilines is 1. The Labute approximate surface area is 176 Å². The quantitative estimate of drug-likeness (QED) is 0.477. The minimum atomic E-state index is -1.12. The molecule has 7 nitrogen and oxygen atoms in total. The standard InChI is InChI=1S/C21H19BrN2O5/c1-12-4-5-13(2)17(6-12)24-21(27)15(10-23)7-14-8-18(28-3)19(9-16(14)22)29-11-20(25)26/h4-9H,11H2,1-3H3,(H,24,27)(H,25,26)/b15-7+. The van der Waals surface area contributed by atoms with E-state index in [1.54, 1.807) is 6.07 Å². The van der Waals surface area contributed by atoms with E-state index in [1.807, 2.05) is 38.1 Å². The monoisotopic (exact) mass is 458 g/mol. The molecule has 0 bridgehead atoms. The van der Waals surface area contributed by atoms with Gasteiger partial charge in [-0.2, -0.15) is 5.26 Å². The second kappa shape index (κ2) is 9.75. The van der Waals surface area contributed by atoms with E-state index < -0.39 is 18.5 Å². The molecule has 29 heavy (non-hydrogen) atoms. The molecule has 2 N–H and O–H groups in total. The molecule has 0 heterocycles. The SMILES string of the molecule is COc1cc(/C=C(\C#N)C(=O)Nc2cc(C)ccc2C)c(Br)cc1OCC(=O)O. The van der Waals surface area contributed by atoms with Crippen LogP contribution in [0.5, 0.6) is 11.5 Å². The molecule has 0 spiro atoms. The number of carbonyl (C=O) groups is 2. The zero-order valence-electron chi connectivity index (χ0n) is 16.1. The highest BCUT2D eigenvalue weighted by molar-refractivity contribution is 9.10. The Morgan fingerprint density at radius 1 is 1.24 bits per heavy atom. The summed E-state index contributed by atoms with van der Waals surface area (Å²) in [5, 5.41) is 21.0. The molecule has 1 amide bonds. The number of amides is 1. The number of halogens is 1. The van der Waals surface area contributed by atoms with Crippen LogP contribution in [0, 0.1) is 25.2 Å². The third-order valence-corrected chi connectivity index (χ3v) is 4.63. The van der Waals surface area contributed by atoms with Gasteiger partial charge in [0.15, 0.2) is 18.1 Å². The van der Waals surface area contributed by atoms with Crippen molar-refractivity contribution in [1.29, 1.82) is 5.26 Å². The van der Waals surface area contributed by atoms with E-state index >= 15 is 0 Å². The fourth-order valence-corrected chi connectivity index (χ4v) is 2.87. The minimum absolute atomic E-state index is 0.104. The molecular formula is C21H19BrN2O5. The van der Waals surface area contributed by atoms with Crippen molar-refractivity contribution in [2.45, 2.75) is 13.8 Å². The number of nitrogens with one attached hydrogen (secondary N) is 1. The van der Waals surface area contributed by atoms with Crippen molar-refractivity contribution in [1.82, 2.24) is 0 Å². The molecule has 0 aliphatic heterocycles. The zero-order chi connectivity index (χ0) is 21.6. The fourth-order valence-electron chi connectivity index (χ4n) is 2.44. The number of carboxylic acids is 1. The average molecular weight is 459 g/mol. The van der Waals surface area contributed by atoms with Crippen LogP contribution in [-0.2, 0) is 9.59 Å². The number of aliphatic carboxylic acids is 1. The highest BCUT2D eigenvalue weighted by Crippen LogP contribution is 2.34. The maximum absolute atomic E-state index is 12.6. The zero-order valence-corrected chi connectivity index (χ0v) is 17.7. The number of hydrogen-bond donors (Lipinski definition) is 2. The van der Waals surface area contributed by atoms with Gasteiger partial charge in [0, 0.05) is 10.2 Å². The van der Waals surface area contributed by atoms with Gasteiger partial charge >= 0.3 is 5.97 Å². The Kier molecular flexibility index (Phi) is 7.39. The molecule has 0 saturated heterocycles. The van der Waals surface area contributed by atoms with E-state index in [4.69, 9.17) is 14.6 Å². The van der Waals surface area contributed by atoms with Crippen LogP contribution in [0.15, 0.2) is 40.4 Å². The van der Waals surface area contributed by atoms with E-state index in [0.717, 1.165) is 11.1 Å². The van der Waals surface area contributed by atoms with E-state index in [0.29, 0.717) is 15.7 Å². The summed E-state index contributed by atoms with van der Waals surface area (Å²) in [4.78, 5) is 23.3. The van der Waals surface area contributed by atoms with Gasteiger partial charge in [-0.25, -0.2) is 4.79 Å². The normalized spacial score (nSPS) is 10.8. The lowest BCUT2D eigenvalue weighted by atomic mass is 10.1. The first-order chi connectivity index (χ1) is 13.7. The van der Waals surface area contributed by atoms with E-state index in [-0.39, 0.29) is 17.1 Å². The van der Waals surface area contributed by atoms with Gasteiger partial charge in [0.25, 0.3) is 5.91 Å². The smallest absolute Gasteiger partial charge is 0.341 e. The van der Waals surface area contributed by atoms with Crippen molar-refractivity contribution < 1.29 is 24.2 Å². The summed E-state index contributed by atoms with van der Waals surface area (Å²) in [5.41, 5.74) is 2.89. The lowest BCUT2D eigenvalue weighted by Gasteiger charge is -2.12. The Morgan fingerprint density at radius 3 is 2.59 bits per heavy atom. The van der Waals surface area contributed by atoms with E-state index in [9.17, 15) is 14.9 Å². The number of nitriles is 1. The number of rotatable bonds is 7. The third-order valence-electron chi connectivity index (χ3n) is 3.94. The van der Waals surface area contributed by atoms with E-state index in [2.05, 4.69) is 21.2 Å². The van der Waals surface area contributed by atoms with Gasteiger partial charge in [-0.3, -0.25) is 4.79 Å². The van der Waals surface area contributed by atoms with Gasteiger partial charge in [-0.1, -0.05) is 28.1 Å². The summed E-state index contributed by atoms with van der Waals surface area (Å²) in [6.07, 6.45) is 1.41. The first-order valence-corrected chi connectivity index (χ1v) is 9.27. The minimum Gasteiger partial charge on any atom is -0.493 e. The number of nitrogens with zero attached hydrogens (tertiary/aromatic N) is 1. The molecule has 0 radical (unpaired) electrons. The van der Waals surface area contributed by atoms with Crippen LogP contribution in [-0.4, -0.2) is 30.7 Å². The van der Waals surface area contributed by atoms with Crippen LogP contribution in [0.3, 0.4) is 0 Å². The average Bonchev–Trinajstić information content (AvgIpc) is 2.68. The first kappa shape index (κ1) is 22.0. The summed E-state index contributed by atoms with van der Waals surface area (Å²) in [7, 11) is 1.41. The van der Waals surface area contributed by atoms with Crippen LogP contribution in [0.1, 0.15) is 16.7 Å². The second-order valence-corrected chi connectivity index (χ2v) is 7.00. The number of ether oxygens (including phenoxy) is 2. The Bertz CT molecular complexity index is 1020. The lowest BCUT2D eigenvalue weighted by molar-refractivity contribution is -0.139. The molecule has 0 saturated carbocycles. The van der Waals surface area contributed by atoms with Crippen molar-refractivity contribution in [2.24, 2.45) is 0 Å². The summed E-state index contributed by atoms with van der Waals surface area (Å²) in [6.45, 7) is 3.25. The molecule has 0 aliphatic rings. The highest BCUT2D eigenvalue weighted by atomic mass is 79.9. The Morgan fingerprint density at radius 2 is 1.97 bits per heavy atom. The number of benzene rings is 2.